The molecule has 16 heavy (non-hydrogen) atoms. The van der Waals surface area contributed by atoms with Gasteiger partial charge in [0.2, 0.25) is 11.1 Å². The minimum atomic E-state index is -2.21. The van der Waals surface area contributed by atoms with Crippen molar-refractivity contribution in [2.45, 2.75) is 4.90 Å². The zero-order valence-corrected chi connectivity index (χ0v) is 8.81. The van der Waals surface area contributed by atoms with Gasteiger partial charge in [-0.05, 0) is 0 Å². The molecule has 2 aromatic rings. The minimum Gasteiger partial charge on any atom is -0.501 e. The molecule has 0 aliphatic carbocycles. The molecule has 0 aliphatic rings. The third-order valence-electron chi connectivity index (χ3n) is 2.25. The van der Waals surface area contributed by atoms with E-state index in [0.717, 1.165) is 0 Å². The molecular formula is C10H7N2O3S+. The summed E-state index contributed by atoms with van der Waals surface area (Å²) in [5.41, 5.74) is -0.129. The number of fused-ring (bicyclic) bond motifs is 1. The summed E-state index contributed by atoms with van der Waals surface area (Å²) in [4.78, 5) is 2.97. The molecule has 2 N–H and O–H groups in total. The highest BCUT2D eigenvalue weighted by molar-refractivity contribution is 7.79. The van der Waals surface area contributed by atoms with E-state index in [2.05, 4.69) is 4.98 Å². The molecule has 2 rings (SSSR count). The van der Waals surface area contributed by atoms with E-state index < -0.39 is 11.1 Å². The number of rotatable bonds is 1. The third kappa shape index (κ3) is 1.52. The summed E-state index contributed by atoms with van der Waals surface area (Å²) < 4.78 is 20.2. The van der Waals surface area contributed by atoms with Gasteiger partial charge in [-0.15, -0.1) is 0 Å². The van der Waals surface area contributed by atoms with Crippen molar-refractivity contribution in [2.24, 2.45) is 0 Å². The Morgan fingerprint density at radius 1 is 1.25 bits per heavy atom. The van der Waals surface area contributed by atoms with E-state index in [-0.39, 0.29) is 16.3 Å². The van der Waals surface area contributed by atoms with Gasteiger partial charge in [0.15, 0.2) is 16.1 Å². The van der Waals surface area contributed by atoms with Gasteiger partial charge in [0.05, 0.1) is 11.0 Å². The molecule has 0 radical (unpaired) electrons. The zero-order chi connectivity index (χ0) is 11.7. The number of diazo groups is 1. The molecular weight excluding hydrogens is 228 g/mol. The monoisotopic (exact) mass is 235 g/mol. The maximum Gasteiger partial charge on any atom is 0.428 e. The average Bonchev–Trinajstić information content (AvgIpc) is 2.29. The molecule has 0 bridgehead atoms. The standard InChI is InChI=1S/C10H6N2O3S/c11-12-8-5-9(16(14)15)6-3-1-2-4-7(6)10(8)13/h1-5H,(H-,13,14,15)/p+1. The highest BCUT2D eigenvalue weighted by Gasteiger charge is 2.21. The van der Waals surface area contributed by atoms with Gasteiger partial charge < -0.3 is 9.66 Å². The van der Waals surface area contributed by atoms with Gasteiger partial charge in [-0.3, -0.25) is 0 Å². The first-order chi connectivity index (χ1) is 7.65. The Hall–Kier alpha value is -1.97. The fourth-order valence-corrected chi connectivity index (χ4v) is 2.11. The maximum absolute atomic E-state index is 11.1. The van der Waals surface area contributed by atoms with Crippen molar-refractivity contribution < 1.29 is 13.9 Å². The lowest BCUT2D eigenvalue weighted by Gasteiger charge is -2.02. The quantitative estimate of drug-likeness (QED) is 0.587. The first-order valence-corrected chi connectivity index (χ1v) is 5.46. The topological polar surface area (TPSA) is 85.7 Å². The van der Waals surface area contributed by atoms with E-state index in [0.29, 0.717) is 10.8 Å². The summed E-state index contributed by atoms with van der Waals surface area (Å²) in [6.45, 7) is 0. The molecule has 1 atom stereocenters. The Labute approximate surface area is 93.2 Å². The molecule has 0 aromatic heterocycles. The van der Waals surface area contributed by atoms with E-state index >= 15 is 0 Å². The highest BCUT2D eigenvalue weighted by atomic mass is 32.2. The minimum absolute atomic E-state index is 0.0983. The van der Waals surface area contributed by atoms with Crippen LogP contribution in [0.5, 0.6) is 5.75 Å². The zero-order valence-electron chi connectivity index (χ0n) is 7.99. The predicted octanol–water partition coefficient (Wildman–Crippen LogP) is 2.61. The van der Waals surface area contributed by atoms with Crippen molar-refractivity contribution in [3.05, 3.63) is 35.3 Å². The predicted molar refractivity (Wildman–Crippen MR) is 59.4 cm³/mol. The van der Waals surface area contributed by atoms with Gasteiger partial charge >= 0.3 is 5.69 Å². The number of hydrogen-bond donors (Lipinski definition) is 2. The largest absolute Gasteiger partial charge is 0.501 e. The molecule has 80 valence electrons. The van der Waals surface area contributed by atoms with Crippen LogP contribution in [-0.4, -0.2) is 13.9 Å². The molecule has 0 heterocycles. The number of phenolic OH excluding ortho intramolecular Hbond substituents is 1. The van der Waals surface area contributed by atoms with Crippen molar-refractivity contribution in [3.63, 3.8) is 0 Å². The maximum atomic E-state index is 11.1. The van der Waals surface area contributed by atoms with Crippen LogP contribution in [0.25, 0.3) is 15.7 Å². The molecule has 0 fully saturated rings. The summed E-state index contributed by atoms with van der Waals surface area (Å²) in [5.74, 6) is -0.215. The van der Waals surface area contributed by atoms with E-state index in [1.165, 1.54) is 6.07 Å². The van der Waals surface area contributed by atoms with Crippen LogP contribution in [0, 0.1) is 5.39 Å². The normalized spacial score (nSPS) is 12.2. The van der Waals surface area contributed by atoms with Crippen LogP contribution < -0.4 is 0 Å². The van der Waals surface area contributed by atoms with Gasteiger partial charge in [0, 0.05) is 10.8 Å². The Bertz CT molecular complexity index is 634. The molecule has 0 amide bonds. The molecule has 6 heteroatoms. The van der Waals surface area contributed by atoms with Crippen LogP contribution in [0.1, 0.15) is 0 Å². The van der Waals surface area contributed by atoms with Crippen molar-refractivity contribution in [1.82, 2.24) is 0 Å². The molecule has 0 spiro atoms. The highest BCUT2D eigenvalue weighted by Crippen LogP contribution is 2.37. The fourth-order valence-electron chi connectivity index (χ4n) is 1.53. The van der Waals surface area contributed by atoms with Gasteiger partial charge in [-0.2, -0.15) is 0 Å². The lowest BCUT2D eigenvalue weighted by molar-refractivity contribution is 0.484. The number of phenols is 1. The Balaban J connectivity index is 2.97. The lowest BCUT2D eigenvalue weighted by Crippen LogP contribution is -1.90. The van der Waals surface area contributed by atoms with E-state index in [1.54, 1.807) is 24.3 Å². The van der Waals surface area contributed by atoms with Gasteiger partial charge in [0.1, 0.15) is 0 Å². The van der Waals surface area contributed by atoms with Gasteiger partial charge in [0.25, 0.3) is 0 Å². The first kappa shape index (κ1) is 10.5. The summed E-state index contributed by atoms with van der Waals surface area (Å²) in [5, 5.41) is 19.2. The average molecular weight is 235 g/mol. The second-order valence-electron chi connectivity index (χ2n) is 3.14. The Kier molecular flexibility index (Phi) is 2.56. The lowest BCUT2D eigenvalue weighted by atomic mass is 10.1. The third-order valence-corrected chi connectivity index (χ3v) is 2.97. The SMILES string of the molecule is N#[N+]c1cc(S(=O)O)c2ccccc2c1O. The van der Waals surface area contributed by atoms with Gasteiger partial charge in [-0.1, -0.05) is 24.3 Å². The van der Waals surface area contributed by atoms with Crippen LogP contribution in [0.3, 0.4) is 0 Å². The number of nitrogens with zero attached hydrogens (tertiary/aromatic N) is 2. The molecule has 2 aromatic carbocycles. The van der Waals surface area contributed by atoms with Crippen LogP contribution >= 0.6 is 0 Å². The summed E-state index contributed by atoms with van der Waals surface area (Å²) in [7, 11) is 0. The van der Waals surface area contributed by atoms with Crippen LogP contribution in [0.2, 0.25) is 0 Å². The number of benzene rings is 2. The van der Waals surface area contributed by atoms with E-state index in [1.807, 2.05) is 0 Å². The molecule has 0 saturated carbocycles. The van der Waals surface area contributed by atoms with Crippen molar-refractivity contribution in [3.8, 4) is 5.75 Å². The van der Waals surface area contributed by atoms with E-state index in [4.69, 9.17) is 9.95 Å². The summed E-state index contributed by atoms with van der Waals surface area (Å²) >= 11 is -2.21. The van der Waals surface area contributed by atoms with Crippen LogP contribution in [-0.2, 0) is 11.1 Å². The van der Waals surface area contributed by atoms with E-state index in [9.17, 15) is 9.32 Å². The molecule has 5 nitrogen and oxygen atoms in total. The molecule has 0 aliphatic heterocycles. The smallest absolute Gasteiger partial charge is 0.428 e. The number of hydrogen-bond acceptors (Lipinski definition) is 3. The summed E-state index contributed by atoms with van der Waals surface area (Å²) in [6.07, 6.45) is 0. The second-order valence-corrected chi connectivity index (χ2v) is 4.08. The fraction of sp³-hybridized carbons (Fsp3) is 0. The van der Waals surface area contributed by atoms with Crippen molar-refractivity contribution in [2.75, 3.05) is 0 Å². The Morgan fingerprint density at radius 3 is 2.44 bits per heavy atom. The molecule has 0 saturated heterocycles. The van der Waals surface area contributed by atoms with Crippen LogP contribution in [0.15, 0.2) is 35.2 Å². The van der Waals surface area contributed by atoms with Crippen molar-refractivity contribution >= 4 is 27.5 Å². The van der Waals surface area contributed by atoms with Gasteiger partial charge in [-0.25, -0.2) is 4.21 Å². The summed E-state index contributed by atoms with van der Waals surface area (Å²) in [6, 6.07) is 7.73. The molecule has 1 unspecified atom stereocenters. The number of aromatic hydroxyl groups is 1. The first-order valence-electron chi connectivity index (χ1n) is 4.36. The van der Waals surface area contributed by atoms with Crippen molar-refractivity contribution in [1.29, 1.82) is 5.39 Å². The Morgan fingerprint density at radius 2 is 1.88 bits per heavy atom. The second kappa shape index (κ2) is 3.89. The van der Waals surface area contributed by atoms with Crippen LogP contribution in [0.4, 0.5) is 5.69 Å².